The molecule has 8 heteroatoms. The highest BCUT2D eigenvalue weighted by molar-refractivity contribution is 7.80. The number of amides is 1. The molecule has 5 rings (SSSR count). The quantitative estimate of drug-likeness (QED) is 0.267. The van der Waals surface area contributed by atoms with Gasteiger partial charge in [0.05, 0.1) is 24.9 Å². The molecule has 0 saturated carbocycles. The molecule has 2 aromatic heterocycles. The van der Waals surface area contributed by atoms with Crippen molar-refractivity contribution in [1.82, 2.24) is 14.9 Å². The number of carbonyl (C=O) groups excluding carboxylic acids is 1. The SMILES string of the molecule is CCC(=O)Nc1ccc(N2C(=S)NC(c3ccccn3)C2c2cc(C)n(-c3ccc(OC)cc3)c2C)cc1C. The molecule has 1 aliphatic heterocycles. The number of hydrogen-bond donors (Lipinski definition) is 2. The van der Waals surface area contributed by atoms with E-state index in [9.17, 15) is 4.79 Å². The molecule has 1 saturated heterocycles. The lowest BCUT2D eigenvalue weighted by Gasteiger charge is -2.29. The van der Waals surface area contributed by atoms with Crippen LogP contribution >= 0.6 is 12.2 Å². The maximum atomic E-state index is 12.0. The van der Waals surface area contributed by atoms with Crippen molar-refractivity contribution in [2.45, 2.75) is 46.2 Å². The Morgan fingerprint density at radius 3 is 2.44 bits per heavy atom. The number of methoxy groups -OCH3 is 1. The molecule has 0 radical (unpaired) electrons. The minimum atomic E-state index is -0.150. The fourth-order valence-corrected chi connectivity index (χ4v) is 5.69. The number of benzene rings is 2. The molecule has 3 heterocycles. The second-order valence-corrected chi connectivity index (χ2v) is 10.1. The first kappa shape index (κ1) is 26.4. The van der Waals surface area contributed by atoms with Gasteiger partial charge in [-0.05, 0) is 105 Å². The fourth-order valence-electron chi connectivity index (χ4n) is 5.34. The number of carbonyl (C=O) groups is 1. The standard InChI is InChI=1S/C31H33N5O2S/c1-6-28(37)33-26-15-12-23(17-19(26)2)36-30(29(34-31(36)39)27-9-7-8-16-32-27)25-18-20(3)35(21(25)4)22-10-13-24(38-5)14-11-22/h7-18,29-30H,6H2,1-5H3,(H,33,37)(H,34,39). The highest BCUT2D eigenvalue weighted by atomic mass is 32.1. The first-order chi connectivity index (χ1) is 18.8. The van der Waals surface area contributed by atoms with E-state index in [-0.39, 0.29) is 18.0 Å². The maximum Gasteiger partial charge on any atom is 0.224 e. The third-order valence-electron chi connectivity index (χ3n) is 7.30. The first-order valence-electron chi connectivity index (χ1n) is 13.1. The summed E-state index contributed by atoms with van der Waals surface area (Å²) in [6, 6.07) is 22.1. The van der Waals surface area contributed by atoms with Crippen molar-refractivity contribution in [3.05, 3.63) is 101 Å². The Morgan fingerprint density at radius 1 is 1.05 bits per heavy atom. The van der Waals surface area contributed by atoms with Crippen LogP contribution in [0.5, 0.6) is 5.75 Å². The number of anilines is 2. The van der Waals surface area contributed by atoms with Gasteiger partial charge in [-0.25, -0.2) is 0 Å². The van der Waals surface area contributed by atoms with Crippen LogP contribution in [0.2, 0.25) is 0 Å². The van der Waals surface area contributed by atoms with Crippen LogP contribution in [0.1, 0.15) is 53.6 Å². The zero-order valence-corrected chi connectivity index (χ0v) is 23.7. The summed E-state index contributed by atoms with van der Waals surface area (Å²) < 4.78 is 7.63. The third-order valence-corrected chi connectivity index (χ3v) is 7.62. The number of thiocarbonyl (C=S) groups is 1. The van der Waals surface area contributed by atoms with E-state index in [4.69, 9.17) is 21.9 Å². The summed E-state index contributed by atoms with van der Waals surface area (Å²) >= 11 is 5.94. The molecule has 4 aromatic rings. The van der Waals surface area contributed by atoms with Gasteiger partial charge in [0.1, 0.15) is 5.75 Å². The van der Waals surface area contributed by atoms with Crippen molar-refractivity contribution in [1.29, 1.82) is 0 Å². The summed E-state index contributed by atoms with van der Waals surface area (Å²) in [5.74, 6) is 0.811. The summed E-state index contributed by atoms with van der Waals surface area (Å²) in [5.41, 5.74) is 8.13. The Hall–Kier alpha value is -4.17. The van der Waals surface area contributed by atoms with Gasteiger partial charge in [-0.2, -0.15) is 0 Å². The van der Waals surface area contributed by atoms with Crippen molar-refractivity contribution in [2.75, 3.05) is 17.3 Å². The lowest BCUT2D eigenvalue weighted by atomic mass is 9.96. The predicted octanol–water partition coefficient (Wildman–Crippen LogP) is 6.33. The molecule has 2 atom stereocenters. The molecule has 200 valence electrons. The van der Waals surface area contributed by atoms with E-state index in [0.29, 0.717) is 11.5 Å². The lowest BCUT2D eigenvalue weighted by molar-refractivity contribution is -0.115. The molecule has 2 aromatic carbocycles. The number of pyridine rings is 1. The average Bonchev–Trinajstić information content (AvgIpc) is 3.44. The molecular formula is C31H33N5O2S. The number of aromatic nitrogens is 2. The third kappa shape index (κ3) is 5.00. The van der Waals surface area contributed by atoms with Crippen molar-refractivity contribution < 1.29 is 9.53 Å². The molecule has 0 spiro atoms. The fraction of sp³-hybridized carbons (Fsp3) is 0.258. The number of nitrogens with one attached hydrogen (secondary N) is 2. The molecule has 0 bridgehead atoms. The average molecular weight is 540 g/mol. The predicted molar refractivity (Wildman–Crippen MR) is 160 cm³/mol. The number of rotatable bonds is 7. The van der Waals surface area contributed by atoms with E-state index in [1.165, 1.54) is 0 Å². The summed E-state index contributed by atoms with van der Waals surface area (Å²) in [6.45, 7) is 8.12. The van der Waals surface area contributed by atoms with Crippen LogP contribution in [0.3, 0.4) is 0 Å². The van der Waals surface area contributed by atoms with Crippen LogP contribution in [-0.2, 0) is 4.79 Å². The van der Waals surface area contributed by atoms with E-state index < -0.39 is 0 Å². The van der Waals surface area contributed by atoms with Gasteiger partial charge in [-0.15, -0.1) is 0 Å². The normalized spacial score (nSPS) is 16.7. The minimum Gasteiger partial charge on any atom is -0.497 e. The topological polar surface area (TPSA) is 71.4 Å². The summed E-state index contributed by atoms with van der Waals surface area (Å²) in [6.07, 6.45) is 2.24. The lowest BCUT2D eigenvalue weighted by Crippen LogP contribution is -2.29. The van der Waals surface area contributed by atoms with Gasteiger partial charge in [0.15, 0.2) is 5.11 Å². The van der Waals surface area contributed by atoms with Gasteiger partial charge < -0.3 is 24.8 Å². The summed E-state index contributed by atoms with van der Waals surface area (Å²) in [7, 11) is 1.67. The Labute approximate surface area is 234 Å². The van der Waals surface area contributed by atoms with E-state index in [0.717, 1.165) is 51.0 Å². The highest BCUT2D eigenvalue weighted by Gasteiger charge is 2.42. The monoisotopic (exact) mass is 539 g/mol. The van der Waals surface area contributed by atoms with Gasteiger partial charge in [-0.3, -0.25) is 9.78 Å². The van der Waals surface area contributed by atoms with Crippen molar-refractivity contribution in [3.63, 3.8) is 0 Å². The Bertz CT molecular complexity index is 1510. The summed E-state index contributed by atoms with van der Waals surface area (Å²) in [5, 5.41) is 7.17. The van der Waals surface area contributed by atoms with Gasteiger partial charge in [0.2, 0.25) is 5.91 Å². The Morgan fingerprint density at radius 2 is 1.79 bits per heavy atom. The van der Waals surface area contributed by atoms with Crippen molar-refractivity contribution in [2.24, 2.45) is 0 Å². The second-order valence-electron chi connectivity index (χ2n) is 9.76. The molecule has 1 amide bonds. The molecule has 7 nitrogen and oxygen atoms in total. The largest absolute Gasteiger partial charge is 0.497 e. The van der Waals surface area contributed by atoms with Crippen LogP contribution in [0.15, 0.2) is 72.9 Å². The smallest absolute Gasteiger partial charge is 0.224 e. The van der Waals surface area contributed by atoms with Crippen LogP contribution < -0.4 is 20.3 Å². The number of aryl methyl sites for hydroxylation is 2. The van der Waals surface area contributed by atoms with Crippen molar-refractivity contribution >= 4 is 34.6 Å². The molecule has 1 fully saturated rings. The van der Waals surface area contributed by atoms with Crippen molar-refractivity contribution in [3.8, 4) is 11.4 Å². The van der Waals surface area contributed by atoms with E-state index in [2.05, 4.69) is 58.2 Å². The zero-order chi connectivity index (χ0) is 27.7. The molecule has 2 N–H and O–H groups in total. The Balaban J connectivity index is 1.62. The molecule has 0 aliphatic carbocycles. The van der Waals surface area contributed by atoms with Crippen LogP contribution in [0, 0.1) is 20.8 Å². The van der Waals surface area contributed by atoms with Gasteiger partial charge >= 0.3 is 0 Å². The van der Waals surface area contributed by atoms with E-state index in [1.54, 1.807) is 7.11 Å². The van der Waals surface area contributed by atoms with Crippen LogP contribution in [0.25, 0.3) is 5.69 Å². The molecule has 1 aliphatic rings. The number of hydrogen-bond acceptors (Lipinski definition) is 4. The number of ether oxygens (including phenoxy) is 1. The molecule has 39 heavy (non-hydrogen) atoms. The minimum absolute atomic E-state index is 0.0109. The first-order valence-corrected chi connectivity index (χ1v) is 13.5. The second kappa shape index (κ2) is 10.9. The molecule has 2 unspecified atom stereocenters. The van der Waals surface area contributed by atoms with E-state index >= 15 is 0 Å². The highest BCUT2D eigenvalue weighted by Crippen LogP contribution is 2.44. The van der Waals surface area contributed by atoms with Gasteiger partial charge in [0.25, 0.3) is 0 Å². The van der Waals surface area contributed by atoms with Crippen LogP contribution in [0.4, 0.5) is 11.4 Å². The van der Waals surface area contributed by atoms with E-state index in [1.807, 2.05) is 62.5 Å². The number of nitrogens with zero attached hydrogens (tertiary/aromatic N) is 3. The van der Waals surface area contributed by atoms with Crippen LogP contribution in [-0.4, -0.2) is 27.7 Å². The zero-order valence-electron chi connectivity index (χ0n) is 22.9. The van der Waals surface area contributed by atoms with Gasteiger partial charge in [-0.1, -0.05) is 13.0 Å². The van der Waals surface area contributed by atoms with Gasteiger partial charge in [0, 0.05) is 41.1 Å². The Kier molecular flexibility index (Phi) is 7.39. The summed E-state index contributed by atoms with van der Waals surface area (Å²) in [4.78, 5) is 18.9. The maximum absolute atomic E-state index is 12.0. The molecular weight excluding hydrogens is 506 g/mol.